The highest BCUT2D eigenvalue weighted by Crippen LogP contribution is 2.24. The lowest BCUT2D eigenvalue weighted by atomic mass is 10.2. The molecule has 0 bridgehead atoms. The Kier molecular flexibility index (Phi) is 5.35. The first kappa shape index (κ1) is 18.4. The van der Waals surface area contributed by atoms with E-state index in [0.29, 0.717) is 11.0 Å². The fraction of sp³-hybridized carbons (Fsp3) is 0.263. The van der Waals surface area contributed by atoms with Crippen LogP contribution < -0.4 is 11.2 Å². The van der Waals surface area contributed by atoms with Crippen LogP contribution in [0.25, 0.3) is 0 Å². The lowest BCUT2D eigenvalue weighted by Crippen LogP contribution is -2.44. The van der Waals surface area contributed by atoms with Crippen LogP contribution in [0.5, 0.6) is 0 Å². The summed E-state index contributed by atoms with van der Waals surface area (Å²) in [7, 11) is 0. The minimum Gasteiger partial charge on any atom is -0.435 e. The molecule has 0 N–H and O–H groups in total. The summed E-state index contributed by atoms with van der Waals surface area (Å²) in [5, 5.41) is 0. The van der Waals surface area contributed by atoms with E-state index in [2.05, 4.69) is 0 Å². The molecule has 3 rings (SSSR count). The highest BCUT2D eigenvalue weighted by atomic mass is 16.7. The number of nitrogens with zero attached hydrogens (tertiary/aromatic N) is 2. The normalized spacial score (nSPS) is 18.3. The molecule has 0 amide bonds. The van der Waals surface area contributed by atoms with E-state index >= 15 is 0 Å². The van der Waals surface area contributed by atoms with Gasteiger partial charge in [0.05, 0.1) is 12.6 Å². The Morgan fingerprint density at radius 2 is 1.85 bits per heavy atom. The fourth-order valence-electron chi connectivity index (χ4n) is 2.86. The lowest BCUT2D eigenvalue weighted by molar-refractivity contribution is 0.0385. The van der Waals surface area contributed by atoms with Crippen LogP contribution in [0.3, 0.4) is 0 Å². The maximum atomic E-state index is 12.8. The molecule has 8 heteroatoms. The number of hydrogen-bond acceptors (Lipinski definition) is 6. The topological polar surface area (TPSA) is 96.6 Å². The monoisotopic (exact) mass is 370 g/mol. The van der Waals surface area contributed by atoms with E-state index in [1.165, 1.54) is 22.9 Å². The molecule has 0 saturated heterocycles. The van der Waals surface area contributed by atoms with Crippen LogP contribution in [-0.4, -0.2) is 33.9 Å². The fourth-order valence-corrected chi connectivity index (χ4v) is 2.86. The third kappa shape index (κ3) is 3.89. The van der Waals surface area contributed by atoms with Gasteiger partial charge in [-0.2, -0.15) is 4.57 Å². The minimum atomic E-state index is -0.788. The maximum Gasteiger partial charge on any atom is 0.508 e. The summed E-state index contributed by atoms with van der Waals surface area (Å²) < 4.78 is 11.7. The van der Waals surface area contributed by atoms with Gasteiger partial charge in [-0.1, -0.05) is 24.3 Å². The van der Waals surface area contributed by atoms with Crippen molar-refractivity contribution in [2.45, 2.75) is 25.5 Å². The summed E-state index contributed by atoms with van der Waals surface area (Å²) in [6.07, 6.45) is 3.63. The Hall–Kier alpha value is -3.42. The molecule has 0 fully saturated rings. The smallest absolute Gasteiger partial charge is 0.435 e. The van der Waals surface area contributed by atoms with E-state index in [0.717, 1.165) is 6.07 Å². The number of benzene rings is 1. The number of ether oxygens (including phenoxy) is 2. The van der Waals surface area contributed by atoms with Crippen molar-refractivity contribution in [3.05, 3.63) is 81.1 Å². The van der Waals surface area contributed by atoms with Crippen LogP contribution in [0.15, 0.2) is 64.3 Å². The SMILES string of the molecule is CCOC(=O)O[C@@H]1C=C[C@H](n2ccc(=O)n(C(=O)c3ccccc3)c2=O)C1. The molecule has 0 saturated carbocycles. The number of hydrogen-bond donors (Lipinski definition) is 0. The summed E-state index contributed by atoms with van der Waals surface area (Å²) in [5.41, 5.74) is -1.21. The molecule has 2 atom stereocenters. The van der Waals surface area contributed by atoms with Gasteiger partial charge in [0.2, 0.25) is 0 Å². The van der Waals surface area contributed by atoms with Crippen molar-refractivity contribution in [3.8, 4) is 0 Å². The second-order valence-corrected chi connectivity index (χ2v) is 5.88. The van der Waals surface area contributed by atoms with E-state index < -0.39 is 35.5 Å². The maximum absolute atomic E-state index is 12.8. The molecule has 1 aromatic carbocycles. The second-order valence-electron chi connectivity index (χ2n) is 5.88. The van der Waals surface area contributed by atoms with Gasteiger partial charge in [0.25, 0.3) is 11.5 Å². The van der Waals surface area contributed by atoms with Crippen molar-refractivity contribution >= 4 is 12.1 Å². The number of allylic oxidation sites excluding steroid dienone is 1. The van der Waals surface area contributed by atoms with E-state index in [1.807, 2.05) is 0 Å². The van der Waals surface area contributed by atoms with Crippen molar-refractivity contribution in [1.82, 2.24) is 9.13 Å². The van der Waals surface area contributed by atoms with Crippen molar-refractivity contribution in [3.63, 3.8) is 0 Å². The Bertz CT molecular complexity index is 989. The van der Waals surface area contributed by atoms with Gasteiger partial charge < -0.3 is 9.47 Å². The van der Waals surface area contributed by atoms with Crippen LogP contribution >= 0.6 is 0 Å². The van der Waals surface area contributed by atoms with Crippen LogP contribution in [0.4, 0.5) is 4.79 Å². The van der Waals surface area contributed by atoms with Crippen molar-refractivity contribution < 1.29 is 19.1 Å². The van der Waals surface area contributed by atoms with E-state index in [4.69, 9.17) is 9.47 Å². The van der Waals surface area contributed by atoms with Crippen LogP contribution in [0, 0.1) is 0 Å². The minimum absolute atomic E-state index is 0.199. The predicted molar refractivity (Wildman–Crippen MR) is 95.8 cm³/mol. The highest BCUT2D eigenvalue weighted by Gasteiger charge is 2.26. The lowest BCUT2D eigenvalue weighted by Gasteiger charge is -2.16. The molecule has 140 valence electrons. The molecule has 8 nitrogen and oxygen atoms in total. The first-order chi connectivity index (χ1) is 13.0. The van der Waals surface area contributed by atoms with Gasteiger partial charge >= 0.3 is 11.8 Å². The van der Waals surface area contributed by atoms with Crippen LogP contribution in [0.2, 0.25) is 0 Å². The molecule has 27 heavy (non-hydrogen) atoms. The summed E-state index contributed by atoms with van der Waals surface area (Å²) >= 11 is 0. The highest BCUT2D eigenvalue weighted by molar-refractivity contribution is 5.95. The molecule has 1 aromatic heterocycles. The van der Waals surface area contributed by atoms with Crippen LogP contribution in [-0.2, 0) is 9.47 Å². The molecule has 0 radical (unpaired) electrons. The molecule has 0 unspecified atom stereocenters. The van der Waals surface area contributed by atoms with Crippen molar-refractivity contribution in [2.24, 2.45) is 0 Å². The van der Waals surface area contributed by atoms with Gasteiger partial charge in [0.15, 0.2) is 0 Å². The first-order valence-electron chi connectivity index (χ1n) is 8.47. The van der Waals surface area contributed by atoms with E-state index in [-0.39, 0.29) is 12.2 Å². The van der Waals surface area contributed by atoms with E-state index in [9.17, 15) is 19.2 Å². The molecule has 0 spiro atoms. The zero-order chi connectivity index (χ0) is 19.4. The number of carbonyl (C=O) groups excluding carboxylic acids is 2. The Balaban J connectivity index is 1.86. The molecular weight excluding hydrogens is 352 g/mol. The second kappa shape index (κ2) is 7.86. The Morgan fingerprint density at radius 1 is 1.11 bits per heavy atom. The zero-order valence-electron chi connectivity index (χ0n) is 14.6. The Labute approximate surface area is 154 Å². The third-order valence-electron chi connectivity index (χ3n) is 4.12. The molecule has 2 aromatic rings. The van der Waals surface area contributed by atoms with Crippen molar-refractivity contribution in [1.29, 1.82) is 0 Å². The van der Waals surface area contributed by atoms with E-state index in [1.54, 1.807) is 37.3 Å². The largest absolute Gasteiger partial charge is 0.508 e. The van der Waals surface area contributed by atoms with Gasteiger partial charge in [-0.05, 0) is 25.1 Å². The number of carbonyl (C=O) groups is 2. The van der Waals surface area contributed by atoms with Gasteiger partial charge in [-0.15, -0.1) is 0 Å². The summed E-state index contributed by atoms with van der Waals surface area (Å²) in [6.45, 7) is 1.87. The van der Waals surface area contributed by atoms with Gasteiger partial charge in [-0.25, -0.2) is 9.59 Å². The molecular formula is C19H18N2O6. The quantitative estimate of drug-likeness (QED) is 0.601. The zero-order valence-corrected chi connectivity index (χ0v) is 14.6. The van der Waals surface area contributed by atoms with Crippen LogP contribution in [0.1, 0.15) is 29.7 Å². The number of aromatic nitrogens is 2. The molecule has 1 aliphatic rings. The first-order valence-corrected chi connectivity index (χ1v) is 8.47. The average Bonchev–Trinajstić information content (AvgIpc) is 3.10. The van der Waals surface area contributed by atoms with Gasteiger partial charge in [0.1, 0.15) is 6.10 Å². The summed E-state index contributed by atoms with van der Waals surface area (Å²) in [5.74, 6) is -0.693. The average molecular weight is 370 g/mol. The molecule has 0 aliphatic heterocycles. The molecule has 1 aliphatic carbocycles. The number of rotatable bonds is 4. The van der Waals surface area contributed by atoms with Gasteiger partial charge in [0, 0.05) is 24.2 Å². The Morgan fingerprint density at radius 3 is 2.56 bits per heavy atom. The predicted octanol–water partition coefficient (Wildman–Crippen LogP) is 1.74. The summed E-state index contributed by atoms with van der Waals surface area (Å²) in [4.78, 5) is 48.9. The third-order valence-corrected chi connectivity index (χ3v) is 4.12. The summed E-state index contributed by atoms with van der Waals surface area (Å²) in [6, 6.07) is 8.81. The van der Waals surface area contributed by atoms with Crippen molar-refractivity contribution in [2.75, 3.05) is 6.61 Å². The molecule has 1 heterocycles. The van der Waals surface area contributed by atoms with Gasteiger partial charge in [-0.3, -0.25) is 14.2 Å². The standard InChI is InChI=1S/C19H18N2O6/c1-2-26-19(25)27-15-9-8-14(12-15)20-11-10-16(22)21(18(20)24)17(23)13-6-4-3-5-7-13/h3-11,14-15H,2,12H2,1H3/t14-,15+/m0/s1.